The molecule has 3 aromatic rings. The SMILES string of the molecule is CC1(C)OB(c2cnn(Cc3cccc(COc4cccc(CN)c4)c3)c2)OC1(C)C. The minimum absolute atomic E-state index is 0.363. The van der Waals surface area contributed by atoms with Crippen LogP contribution in [0, 0.1) is 0 Å². The third kappa shape index (κ3) is 4.84. The number of rotatable bonds is 7. The number of benzene rings is 2. The van der Waals surface area contributed by atoms with E-state index in [-0.39, 0.29) is 11.2 Å². The molecule has 1 aliphatic heterocycles. The van der Waals surface area contributed by atoms with E-state index in [1.54, 1.807) is 0 Å². The second-order valence-electron chi connectivity index (χ2n) is 9.02. The maximum absolute atomic E-state index is 6.12. The summed E-state index contributed by atoms with van der Waals surface area (Å²) in [6.45, 7) is 9.88. The van der Waals surface area contributed by atoms with E-state index in [0.29, 0.717) is 19.7 Å². The maximum Gasteiger partial charge on any atom is 0.498 e. The van der Waals surface area contributed by atoms with Crippen LogP contribution in [0.25, 0.3) is 0 Å². The van der Waals surface area contributed by atoms with Gasteiger partial charge in [0.25, 0.3) is 0 Å². The molecule has 0 amide bonds. The third-order valence-electron chi connectivity index (χ3n) is 6.05. The van der Waals surface area contributed by atoms with Crippen LogP contribution in [0.4, 0.5) is 0 Å². The fraction of sp³-hybridized carbons (Fsp3) is 0.375. The Morgan fingerprint density at radius 2 is 1.65 bits per heavy atom. The standard InChI is InChI=1S/C24H30BN3O3/c1-23(2)24(3,4)31-25(30-23)21-14-27-28(16-21)15-19-8-5-9-20(11-19)17-29-22-10-6-7-18(12-22)13-26/h5-12,14,16H,13,15,17,26H2,1-4H3. The number of aromatic nitrogens is 2. The van der Waals surface area contributed by atoms with Crippen molar-refractivity contribution < 1.29 is 14.0 Å². The molecule has 2 N–H and O–H groups in total. The lowest BCUT2D eigenvalue weighted by molar-refractivity contribution is 0.00578. The van der Waals surface area contributed by atoms with Gasteiger partial charge in [0.15, 0.2) is 0 Å². The molecule has 6 nitrogen and oxygen atoms in total. The van der Waals surface area contributed by atoms with Gasteiger partial charge in [0.05, 0.1) is 17.7 Å². The number of hydrogen-bond donors (Lipinski definition) is 1. The van der Waals surface area contributed by atoms with Crippen LogP contribution in [0.15, 0.2) is 60.9 Å². The highest BCUT2D eigenvalue weighted by Gasteiger charge is 2.52. The summed E-state index contributed by atoms with van der Waals surface area (Å²) in [6.07, 6.45) is 3.81. The molecule has 1 aliphatic rings. The van der Waals surface area contributed by atoms with Crippen molar-refractivity contribution in [2.45, 2.75) is 58.6 Å². The lowest BCUT2D eigenvalue weighted by Crippen LogP contribution is -2.41. The van der Waals surface area contributed by atoms with Crippen molar-refractivity contribution in [1.82, 2.24) is 9.78 Å². The Balaban J connectivity index is 1.39. The molecule has 2 heterocycles. The number of hydrogen-bond acceptors (Lipinski definition) is 5. The normalized spacial score (nSPS) is 17.1. The quantitative estimate of drug-likeness (QED) is 0.596. The second kappa shape index (κ2) is 8.50. The van der Waals surface area contributed by atoms with Crippen molar-refractivity contribution in [2.75, 3.05) is 0 Å². The minimum atomic E-state index is -0.400. The molecule has 0 unspecified atom stereocenters. The molecule has 4 rings (SSSR count). The van der Waals surface area contributed by atoms with E-state index >= 15 is 0 Å². The first-order chi connectivity index (χ1) is 14.8. The molecule has 0 spiro atoms. The first-order valence-corrected chi connectivity index (χ1v) is 10.6. The highest BCUT2D eigenvalue weighted by atomic mass is 16.7. The Bertz CT molecular complexity index is 1030. The molecule has 7 heteroatoms. The summed E-state index contributed by atoms with van der Waals surface area (Å²) in [4.78, 5) is 0. The molecule has 1 aromatic heterocycles. The van der Waals surface area contributed by atoms with Crippen LogP contribution in [0.1, 0.15) is 44.4 Å². The van der Waals surface area contributed by atoms with Crippen molar-refractivity contribution in [2.24, 2.45) is 5.73 Å². The molecule has 0 bridgehead atoms. The monoisotopic (exact) mass is 419 g/mol. The number of nitrogens with two attached hydrogens (primary N) is 1. The van der Waals surface area contributed by atoms with Crippen molar-refractivity contribution in [3.05, 3.63) is 77.6 Å². The largest absolute Gasteiger partial charge is 0.498 e. The molecule has 2 aromatic carbocycles. The van der Waals surface area contributed by atoms with Crippen LogP contribution in [0.2, 0.25) is 0 Å². The van der Waals surface area contributed by atoms with E-state index < -0.39 is 7.12 Å². The molecular weight excluding hydrogens is 389 g/mol. The average Bonchev–Trinajstić information content (AvgIpc) is 3.28. The van der Waals surface area contributed by atoms with Gasteiger partial charge in [-0.15, -0.1) is 0 Å². The number of nitrogens with zero attached hydrogens (tertiary/aromatic N) is 2. The van der Waals surface area contributed by atoms with Crippen LogP contribution in [0.5, 0.6) is 5.75 Å². The van der Waals surface area contributed by atoms with Crippen molar-refractivity contribution in [1.29, 1.82) is 0 Å². The molecule has 0 atom stereocenters. The first kappa shape index (κ1) is 21.6. The van der Waals surface area contributed by atoms with Gasteiger partial charge in [-0.05, 0) is 56.5 Å². The van der Waals surface area contributed by atoms with Crippen molar-refractivity contribution >= 4 is 12.6 Å². The minimum Gasteiger partial charge on any atom is -0.489 e. The fourth-order valence-corrected chi connectivity index (χ4v) is 3.50. The Kier molecular flexibility index (Phi) is 5.93. The van der Waals surface area contributed by atoms with Gasteiger partial charge in [-0.25, -0.2) is 0 Å². The average molecular weight is 419 g/mol. The van der Waals surface area contributed by atoms with Crippen LogP contribution in [0.3, 0.4) is 0 Å². The van der Waals surface area contributed by atoms with Crippen LogP contribution >= 0.6 is 0 Å². The van der Waals surface area contributed by atoms with Crippen LogP contribution in [-0.4, -0.2) is 28.1 Å². The molecule has 0 aliphatic carbocycles. The van der Waals surface area contributed by atoms with E-state index in [2.05, 4.69) is 51.0 Å². The van der Waals surface area contributed by atoms with E-state index in [4.69, 9.17) is 19.8 Å². The van der Waals surface area contributed by atoms with Crippen molar-refractivity contribution in [3.8, 4) is 5.75 Å². The summed E-state index contributed by atoms with van der Waals surface area (Å²) in [5.41, 5.74) is 9.23. The second-order valence-corrected chi connectivity index (χ2v) is 9.02. The molecular formula is C24H30BN3O3. The summed E-state index contributed by atoms with van der Waals surface area (Å²) in [5, 5.41) is 4.51. The summed E-state index contributed by atoms with van der Waals surface area (Å²) in [7, 11) is -0.400. The van der Waals surface area contributed by atoms with Crippen molar-refractivity contribution in [3.63, 3.8) is 0 Å². The van der Waals surface area contributed by atoms with Gasteiger partial charge >= 0.3 is 7.12 Å². The Morgan fingerprint density at radius 3 is 2.39 bits per heavy atom. The van der Waals surface area contributed by atoms with Gasteiger partial charge < -0.3 is 19.8 Å². The summed E-state index contributed by atoms with van der Waals surface area (Å²) in [6, 6.07) is 16.2. The Morgan fingerprint density at radius 1 is 0.968 bits per heavy atom. The van der Waals surface area contributed by atoms with Gasteiger partial charge in [-0.2, -0.15) is 5.10 Å². The summed E-state index contributed by atoms with van der Waals surface area (Å²) < 4.78 is 20.1. The molecule has 1 fully saturated rings. The molecule has 0 saturated carbocycles. The van der Waals surface area contributed by atoms with E-state index in [1.165, 1.54) is 0 Å². The van der Waals surface area contributed by atoms with Gasteiger partial charge in [-0.3, -0.25) is 4.68 Å². The fourth-order valence-electron chi connectivity index (χ4n) is 3.50. The van der Waals surface area contributed by atoms with E-state index in [1.807, 2.05) is 47.4 Å². The predicted octanol–water partition coefficient (Wildman–Crippen LogP) is 3.27. The van der Waals surface area contributed by atoms with E-state index in [0.717, 1.165) is 27.9 Å². The molecule has 0 radical (unpaired) electrons. The Hall–Kier alpha value is -2.61. The zero-order valence-electron chi connectivity index (χ0n) is 18.7. The molecule has 162 valence electrons. The van der Waals surface area contributed by atoms with Gasteiger partial charge in [-0.1, -0.05) is 36.4 Å². The zero-order chi connectivity index (χ0) is 22.1. The summed E-state index contributed by atoms with van der Waals surface area (Å²) >= 11 is 0. The summed E-state index contributed by atoms with van der Waals surface area (Å²) in [5.74, 6) is 0.826. The number of ether oxygens (including phenoxy) is 1. The molecule has 1 saturated heterocycles. The predicted molar refractivity (Wildman–Crippen MR) is 122 cm³/mol. The van der Waals surface area contributed by atoms with Crippen LogP contribution < -0.4 is 15.9 Å². The van der Waals surface area contributed by atoms with Gasteiger partial charge in [0, 0.05) is 24.4 Å². The van der Waals surface area contributed by atoms with Gasteiger partial charge in [0.2, 0.25) is 0 Å². The third-order valence-corrected chi connectivity index (χ3v) is 6.05. The smallest absolute Gasteiger partial charge is 0.489 e. The highest BCUT2D eigenvalue weighted by Crippen LogP contribution is 2.36. The Labute approximate surface area is 184 Å². The topological polar surface area (TPSA) is 71.5 Å². The highest BCUT2D eigenvalue weighted by molar-refractivity contribution is 6.62. The zero-order valence-corrected chi connectivity index (χ0v) is 18.7. The van der Waals surface area contributed by atoms with Crippen LogP contribution in [-0.2, 0) is 29.0 Å². The van der Waals surface area contributed by atoms with Gasteiger partial charge in [0.1, 0.15) is 12.4 Å². The maximum atomic E-state index is 6.12. The lowest BCUT2D eigenvalue weighted by Gasteiger charge is -2.32. The van der Waals surface area contributed by atoms with E-state index in [9.17, 15) is 0 Å². The lowest BCUT2D eigenvalue weighted by atomic mass is 9.82. The molecule has 31 heavy (non-hydrogen) atoms. The first-order valence-electron chi connectivity index (χ1n) is 10.6.